The van der Waals surface area contributed by atoms with Gasteiger partial charge in [-0.3, -0.25) is 4.79 Å². The molecule has 18 heavy (non-hydrogen) atoms. The van der Waals surface area contributed by atoms with Crippen LogP contribution >= 0.6 is 0 Å². The fourth-order valence-corrected chi connectivity index (χ4v) is 2.46. The Balaban J connectivity index is 2.14. The van der Waals surface area contributed by atoms with Crippen LogP contribution in [0.1, 0.15) is 46.5 Å². The van der Waals surface area contributed by atoms with Crippen molar-refractivity contribution in [2.24, 2.45) is 11.7 Å². The van der Waals surface area contributed by atoms with Gasteiger partial charge in [-0.25, -0.2) is 0 Å². The molecule has 4 heteroatoms. The zero-order valence-corrected chi connectivity index (χ0v) is 12.1. The third kappa shape index (κ3) is 4.94. The molecule has 2 unspecified atom stereocenters. The summed E-state index contributed by atoms with van der Waals surface area (Å²) >= 11 is 0. The van der Waals surface area contributed by atoms with Gasteiger partial charge in [-0.2, -0.15) is 0 Å². The highest BCUT2D eigenvalue weighted by Gasteiger charge is 2.29. The van der Waals surface area contributed by atoms with Crippen LogP contribution in [0.2, 0.25) is 0 Å². The van der Waals surface area contributed by atoms with E-state index in [4.69, 9.17) is 10.5 Å². The van der Waals surface area contributed by atoms with Crippen molar-refractivity contribution in [1.29, 1.82) is 0 Å². The predicted molar refractivity (Wildman–Crippen MR) is 73.3 cm³/mol. The summed E-state index contributed by atoms with van der Waals surface area (Å²) in [7, 11) is 0. The summed E-state index contributed by atoms with van der Waals surface area (Å²) in [5, 5.41) is 0. The standard InChI is InChI=1S/C14H28N2O2/c1-4-18-13(17)14(3,15)8-5-6-9-16-10-7-12(2)11-16/h12H,4-11,15H2,1-3H3. The van der Waals surface area contributed by atoms with E-state index in [1.807, 2.05) is 6.92 Å². The second-order valence-corrected chi connectivity index (χ2v) is 5.79. The Bertz CT molecular complexity index is 267. The van der Waals surface area contributed by atoms with Crippen molar-refractivity contribution in [3.63, 3.8) is 0 Å². The molecule has 0 bridgehead atoms. The largest absolute Gasteiger partial charge is 0.465 e. The molecule has 106 valence electrons. The number of hydrogen-bond donors (Lipinski definition) is 1. The van der Waals surface area contributed by atoms with Gasteiger partial charge in [0, 0.05) is 6.54 Å². The van der Waals surface area contributed by atoms with Gasteiger partial charge in [0.15, 0.2) is 0 Å². The Morgan fingerprint density at radius 2 is 2.22 bits per heavy atom. The number of carbonyl (C=O) groups is 1. The first kappa shape index (κ1) is 15.4. The Kier molecular flexibility index (Phi) is 6.09. The van der Waals surface area contributed by atoms with E-state index in [1.165, 1.54) is 19.5 Å². The summed E-state index contributed by atoms with van der Waals surface area (Å²) in [4.78, 5) is 14.1. The van der Waals surface area contributed by atoms with Gasteiger partial charge in [0.1, 0.15) is 5.54 Å². The van der Waals surface area contributed by atoms with Crippen LogP contribution in [0.25, 0.3) is 0 Å². The Hall–Kier alpha value is -0.610. The molecule has 1 aliphatic heterocycles. The van der Waals surface area contributed by atoms with E-state index in [1.54, 1.807) is 6.92 Å². The molecule has 1 fully saturated rings. The molecule has 1 aliphatic rings. The maximum Gasteiger partial charge on any atom is 0.325 e. The quantitative estimate of drug-likeness (QED) is 0.557. The molecule has 0 radical (unpaired) electrons. The van der Waals surface area contributed by atoms with E-state index in [0.717, 1.165) is 25.3 Å². The number of rotatable bonds is 7. The fraction of sp³-hybridized carbons (Fsp3) is 0.929. The Morgan fingerprint density at radius 1 is 1.50 bits per heavy atom. The van der Waals surface area contributed by atoms with Gasteiger partial charge in [0.25, 0.3) is 0 Å². The molecule has 2 N–H and O–H groups in total. The molecule has 1 saturated heterocycles. The minimum atomic E-state index is -0.825. The van der Waals surface area contributed by atoms with E-state index in [0.29, 0.717) is 13.0 Å². The Labute approximate surface area is 111 Å². The molecular weight excluding hydrogens is 228 g/mol. The lowest BCUT2D eigenvalue weighted by Crippen LogP contribution is -2.46. The van der Waals surface area contributed by atoms with Crippen LogP contribution in [0.3, 0.4) is 0 Å². The van der Waals surface area contributed by atoms with Gasteiger partial charge in [-0.1, -0.05) is 6.92 Å². The first-order valence-electron chi connectivity index (χ1n) is 7.14. The highest BCUT2D eigenvalue weighted by molar-refractivity contribution is 5.79. The van der Waals surface area contributed by atoms with Gasteiger partial charge < -0.3 is 15.4 Å². The van der Waals surface area contributed by atoms with Crippen LogP contribution < -0.4 is 5.73 Å². The summed E-state index contributed by atoms with van der Waals surface area (Å²) in [6.45, 7) is 9.85. The Morgan fingerprint density at radius 3 is 2.78 bits per heavy atom. The van der Waals surface area contributed by atoms with Gasteiger partial charge >= 0.3 is 5.97 Å². The third-order valence-electron chi connectivity index (χ3n) is 3.67. The van der Waals surface area contributed by atoms with E-state index in [9.17, 15) is 4.79 Å². The van der Waals surface area contributed by atoms with Crippen LogP contribution in [-0.2, 0) is 9.53 Å². The lowest BCUT2D eigenvalue weighted by Gasteiger charge is -2.22. The van der Waals surface area contributed by atoms with Crippen molar-refractivity contribution >= 4 is 5.97 Å². The number of likely N-dealkylation sites (tertiary alicyclic amines) is 1. The summed E-state index contributed by atoms with van der Waals surface area (Å²) in [5.41, 5.74) is 5.15. The van der Waals surface area contributed by atoms with Crippen LogP contribution in [0.4, 0.5) is 0 Å². The summed E-state index contributed by atoms with van der Waals surface area (Å²) in [6.07, 6.45) is 4.11. The molecule has 1 heterocycles. The van der Waals surface area contributed by atoms with Crippen molar-refractivity contribution in [2.45, 2.75) is 52.0 Å². The highest BCUT2D eigenvalue weighted by atomic mass is 16.5. The van der Waals surface area contributed by atoms with Gasteiger partial charge in [0.2, 0.25) is 0 Å². The molecule has 0 aromatic heterocycles. The van der Waals surface area contributed by atoms with Gasteiger partial charge in [-0.05, 0) is 58.5 Å². The van der Waals surface area contributed by atoms with Crippen molar-refractivity contribution in [3.8, 4) is 0 Å². The number of ether oxygens (including phenoxy) is 1. The topological polar surface area (TPSA) is 55.6 Å². The van der Waals surface area contributed by atoms with Crippen LogP contribution in [0.15, 0.2) is 0 Å². The molecule has 1 rings (SSSR count). The molecule has 0 aromatic carbocycles. The molecule has 2 atom stereocenters. The second-order valence-electron chi connectivity index (χ2n) is 5.79. The van der Waals surface area contributed by atoms with E-state index in [-0.39, 0.29) is 5.97 Å². The first-order valence-corrected chi connectivity index (χ1v) is 7.14. The van der Waals surface area contributed by atoms with Gasteiger partial charge in [-0.15, -0.1) is 0 Å². The summed E-state index contributed by atoms with van der Waals surface area (Å²) in [6, 6.07) is 0. The number of nitrogens with two attached hydrogens (primary N) is 1. The number of unbranched alkanes of at least 4 members (excludes halogenated alkanes) is 1. The zero-order chi connectivity index (χ0) is 13.6. The number of carbonyl (C=O) groups excluding carboxylic acids is 1. The SMILES string of the molecule is CCOC(=O)C(C)(N)CCCCN1CCC(C)C1. The summed E-state index contributed by atoms with van der Waals surface area (Å²) < 4.78 is 4.98. The average molecular weight is 256 g/mol. The minimum absolute atomic E-state index is 0.278. The maximum absolute atomic E-state index is 11.6. The molecule has 0 amide bonds. The number of esters is 1. The van der Waals surface area contributed by atoms with Gasteiger partial charge in [0.05, 0.1) is 6.61 Å². The minimum Gasteiger partial charge on any atom is -0.465 e. The molecule has 0 saturated carbocycles. The van der Waals surface area contributed by atoms with Crippen molar-refractivity contribution in [2.75, 3.05) is 26.2 Å². The lowest BCUT2D eigenvalue weighted by atomic mass is 9.96. The number of hydrogen-bond acceptors (Lipinski definition) is 4. The summed E-state index contributed by atoms with van der Waals surface area (Å²) in [5.74, 6) is 0.559. The molecule has 0 aromatic rings. The highest BCUT2D eigenvalue weighted by Crippen LogP contribution is 2.17. The lowest BCUT2D eigenvalue weighted by molar-refractivity contribution is -0.149. The van der Waals surface area contributed by atoms with Crippen molar-refractivity contribution < 1.29 is 9.53 Å². The molecule has 0 aliphatic carbocycles. The van der Waals surface area contributed by atoms with Crippen molar-refractivity contribution in [3.05, 3.63) is 0 Å². The fourth-order valence-electron chi connectivity index (χ4n) is 2.46. The third-order valence-corrected chi connectivity index (χ3v) is 3.67. The molecule has 0 spiro atoms. The smallest absolute Gasteiger partial charge is 0.325 e. The van der Waals surface area contributed by atoms with Crippen LogP contribution in [0, 0.1) is 5.92 Å². The van der Waals surface area contributed by atoms with E-state index in [2.05, 4.69) is 11.8 Å². The molecular formula is C14H28N2O2. The zero-order valence-electron chi connectivity index (χ0n) is 12.1. The van der Waals surface area contributed by atoms with Crippen molar-refractivity contribution in [1.82, 2.24) is 4.90 Å². The number of nitrogens with zero attached hydrogens (tertiary/aromatic N) is 1. The second kappa shape index (κ2) is 7.10. The van der Waals surface area contributed by atoms with E-state index >= 15 is 0 Å². The van der Waals surface area contributed by atoms with Crippen LogP contribution in [0.5, 0.6) is 0 Å². The monoisotopic (exact) mass is 256 g/mol. The normalized spacial score (nSPS) is 23.9. The van der Waals surface area contributed by atoms with E-state index < -0.39 is 5.54 Å². The average Bonchev–Trinajstić information content (AvgIpc) is 2.71. The van der Waals surface area contributed by atoms with Crippen LogP contribution in [-0.4, -0.2) is 42.6 Å². The first-order chi connectivity index (χ1) is 8.45. The maximum atomic E-state index is 11.6. The molecule has 4 nitrogen and oxygen atoms in total. The predicted octanol–water partition coefficient (Wildman–Crippen LogP) is 1.78.